The molecule has 0 saturated heterocycles. The summed E-state index contributed by atoms with van der Waals surface area (Å²) in [5, 5.41) is 19.1. The lowest BCUT2D eigenvalue weighted by Crippen LogP contribution is -2.52. The third-order valence-corrected chi connectivity index (χ3v) is 13.6. The number of urea groups is 2. The largest absolute Gasteiger partial charge is 0.416 e. The Balaban J connectivity index is 1.08. The topological polar surface area (TPSA) is 135 Å². The van der Waals surface area contributed by atoms with E-state index in [1.807, 2.05) is 14.1 Å². The Morgan fingerprint density at radius 2 is 0.944 bits per heavy atom. The number of nitriles is 2. The van der Waals surface area contributed by atoms with Crippen molar-refractivity contribution in [2.24, 2.45) is 0 Å². The quantitative estimate of drug-likeness (QED) is 0.0914. The van der Waals surface area contributed by atoms with E-state index < -0.39 is 47.6 Å². The first-order valence-corrected chi connectivity index (χ1v) is 23.1. The monoisotopic (exact) mass is 978 g/mol. The maximum Gasteiger partial charge on any atom is 0.416 e. The van der Waals surface area contributed by atoms with E-state index >= 15 is 0 Å². The lowest BCUT2D eigenvalue weighted by atomic mass is 9.92. The normalized spacial score (nSPS) is 18.7. The molecule has 0 unspecified atom stereocenters. The molecule has 6 amide bonds. The van der Waals surface area contributed by atoms with Crippen molar-refractivity contribution in [3.63, 3.8) is 0 Å². The van der Waals surface area contributed by atoms with Crippen LogP contribution in [0.2, 0.25) is 0 Å². The fourth-order valence-electron chi connectivity index (χ4n) is 9.97. The number of nitrogens with zero attached hydrogens (tertiary/aromatic N) is 9. The van der Waals surface area contributed by atoms with Crippen molar-refractivity contribution in [2.45, 2.75) is 51.1 Å². The molecule has 4 aliphatic rings. The maximum absolute atomic E-state index is 14.9. The number of carbonyl (C=O) groups excluding carboxylic acids is 4. The summed E-state index contributed by atoms with van der Waals surface area (Å²) in [4.78, 5) is 66.6. The van der Waals surface area contributed by atoms with Crippen LogP contribution in [0.5, 0.6) is 0 Å². The van der Waals surface area contributed by atoms with Gasteiger partial charge >= 0.3 is 24.4 Å². The number of anilines is 2. The standard InChI is InChI=1S/C52H50F6N9O4/c1-5-61-31-41-43(47(61)68)45(35-19-15-33(29-59)16-20-35)63(49(70)65(41)39-13-7-11-37(27-39)51(53,54)55)23-9-25-67(3,4)26-10-24-64-46(36-21-17-34(30-60)18-22-36)44-42(32-62(6-2)48(44)69)66(50(64)71)40-14-8-12-38(28-40)52(56,57)58/h7-8,11-22,27-28,45-46H,5-6,9-10,23-26,31-32H2,1-4H3/q+1/t45-,46-/m1/s1. The average molecular weight is 979 g/mol. The van der Waals surface area contributed by atoms with Gasteiger partial charge < -0.3 is 24.1 Å². The SMILES string of the molecule is CCN1CC2=C(C1=O)[C@@H](c1ccc(C#N)cc1)N(CCC[N+](C)(C)CCCN1C(=O)N(c3cccc(C(F)(F)F)c3)C3=C(C(=O)N(CC)C3)[C@H]1c1ccc(C#N)cc1)C(=O)N2c1cccc(C(F)(F)F)c1. The van der Waals surface area contributed by atoms with Gasteiger partial charge in [0.15, 0.2) is 0 Å². The summed E-state index contributed by atoms with van der Waals surface area (Å²) >= 11 is 0. The summed E-state index contributed by atoms with van der Waals surface area (Å²) in [7, 11) is 3.88. The maximum atomic E-state index is 14.9. The van der Waals surface area contributed by atoms with Crippen LogP contribution < -0.4 is 9.80 Å². The lowest BCUT2D eigenvalue weighted by Gasteiger charge is -2.43. The molecule has 0 aliphatic carbocycles. The molecule has 13 nitrogen and oxygen atoms in total. The highest BCUT2D eigenvalue weighted by molar-refractivity contribution is 6.08. The Morgan fingerprint density at radius 3 is 1.27 bits per heavy atom. The Labute approximate surface area is 406 Å². The fourth-order valence-corrected chi connectivity index (χ4v) is 9.97. The minimum absolute atomic E-state index is 0.00985. The molecule has 368 valence electrons. The number of hydrogen-bond acceptors (Lipinski definition) is 6. The predicted molar refractivity (Wildman–Crippen MR) is 249 cm³/mol. The minimum atomic E-state index is -4.71. The van der Waals surface area contributed by atoms with E-state index in [4.69, 9.17) is 0 Å². The van der Waals surface area contributed by atoms with Crippen LogP contribution in [0, 0.1) is 22.7 Å². The molecule has 4 aliphatic heterocycles. The Bertz CT molecular complexity index is 2720. The summed E-state index contributed by atoms with van der Waals surface area (Å²) in [6.45, 7) is 5.03. The Hall–Kier alpha value is -7.64. The summed E-state index contributed by atoms with van der Waals surface area (Å²) in [5.74, 6) is -0.740. The molecule has 0 saturated carbocycles. The Kier molecular flexibility index (Phi) is 13.5. The van der Waals surface area contributed by atoms with Crippen molar-refractivity contribution < 1.29 is 50.0 Å². The zero-order chi connectivity index (χ0) is 51.2. The summed E-state index contributed by atoms with van der Waals surface area (Å²) in [5.41, 5.74) is 0.768. The summed E-state index contributed by atoms with van der Waals surface area (Å²) in [6, 6.07) is 22.8. The average Bonchev–Trinajstić information content (AvgIpc) is 3.85. The first-order valence-electron chi connectivity index (χ1n) is 23.1. The van der Waals surface area contributed by atoms with Crippen LogP contribution in [0.15, 0.2) is 120 Å². The van der Waals surface area contributed by atoms with Crippen molar-refractivity contribution in [3.05, 3.63) is 153 Å². The van der Waals surface area contributed by atoms with E-state index in [0.29, 0.717) is 52.7 Å². The molecular formula is C52H50F6N9O4+. The number of benzene rings is 4. The van der Waals surface area contributed by atoms with E-state index in [0.717, 1.165) is 24.3 Å². The second kappa shape index (κ2) is 19.3. The molecule has 71 heavy (non-hydrogen) atoms. The van der Waals surface area contributed by atoms with Crippen molar-refractivity contribution in [2.75, 3.05) is 76.3 Å². The number of quaternary nitrogens is 1. The third-order valence-electron chi connectivity index (χ3n) is 13.6. The van der Waals surface area contributed by atoms with Crippen LogP contribution in [0.1, 0.15) is 72.2 Å². The molecule has 8 rings (SSSR count). The zero-order valence-corrected chi connectivity index (χ0v) is 39.4. The molecule has 0 bridgehead atoms. The minimum Gasteiger partial charge on any atom is -0.333 e. The van der Waals surface area contributed by atoms with E-state index in [1.165, 1.54) is 53.7 Å². The number of hydrogen-bond donors (Lipinski definition) is 0. The first kappa shape index (κ1) is 49.8. The molecule has 0 fully saturated rings. The van der Waals surface area contributed by atoms with E-state index in [-0.39, 0.29) is 85.0 Å². The van der Waals surface area contributed by atoms with Gasteiger partial charge in [0.25, 0.3) is 11.8 Å². The first-order chi connectivity index (χ1) is 33.7. The molecule has 0 radical (unpaired) electrons. The van der Waals surface area contributed by atoms with Crippen molar-refractivity contribution in [1.29, 1.82) is 10.5 Å². The summed E-state index contributed by atoms with van der Waals surface area (Å²) < 4.78 is 84.6. The van der Waals surface area contributed by atoms with Crippen molar-refractivity contribution in [1.82, 2.24) is 19.6 Å². The van der Waals surface area contributed by atoms with Crippen LogP contribution in [-0.4, -0.2) is 114 Å². The third kappa shape index (κ3) is 9.54. The number of halogens is 6. The van der Waals surface area contributed by atoms with Crippen LogP contribution in [0.25, 0.3) is 0 Å². The van der Waals surface area contributed by atoms with Gasteiger partial charge in [0.05, 0.1) is 121 Å². The van der Waals surface area contributed by atoms with Gasteiger partial charge in [-0.05, 0) is 85.6 Å². The number of likely N-dealkylation sites (N-methyl/N-ethyl adjacent to an activating group) is 2. The van der Waals surface area contributed by atoms with Gasteiger partial charge in [-0.1, -0.05) is 36.4 Å². The number of alkyl halides is 6. The molecule has 19 heteroatoms. The van der Waals surface area contributed by atoms with E-state index in [9.17, 15) is 56.0 Å². The van der Waals surface area contributed by atoms with Gasteiger partial charge in [0.2, 0.25) is 0 Å². The lowest BCUT2D eigenvalue weighted by molar-refractivity contribution is -0.890. The summed E-state index contributed by atoms with van der Waals surface area (Å²) in [6.07, 6.45) is -8.74. The van der Waals surface area contributed by atoms with Crippen LogP contribution in [0.4, 0.5) is 47.3 Å². The van der Waals surface area contributed by atoms with Crippen LogP contribution in [-0.2, 0) is 21.9 Å². The molecule has 4 heterocycles. The molecule has 0 aromatic heterocycles. The highest BCUT2D eigenvalue weighted by Gasteiger charge is 2.50. The number of rotatable bonds is 14. The molecule has 2 atom stereocenters. The highest BCUT2D eigenvalue weighted by Crippen LogP contribution is 2.46. The fraction of sp³-hybridized carbons (Fsp3) is 0.346. The van der Waals surface area contributed by atoms with Crippen LogP contribution >= 0.6 is 0 Å². The molecule has 0 N–H and O–H groups in total. The zero-order valence-electron chi connectivity index (χ0n) is 39.4. The van der Waals surface area contributed by atoms with Gasteiger partial charge in [0.1, 0.15) is 0 Å². The van der Waals surface area contributed by atoms with Gasteiger partial charge in [-0.3, -0.25) is 19.4 Å². The molecule has 4 aromatic carbocycles. The highest BCUT2D eigenvalue weighted by atomic mass is 19.4. The van der Waals surface area contributed by atoms with Gasteiger partial charge in [-0.15, -0.1) is 0 Å². The smallest absolute Gasteiger partial charge is 0.333 e. The van der Waals surface area contributed by atoms with Gasteiger partial charge in [-0.25, -0.2) is 9.59 Å². The second-order valence-electron chi connectivity index (χ2n) is 18.4. The van der Waals surface area contributed by atoms with Crippen molar-refractivity contribution in [3.8, 4) is 12.1 Å². The van der Waals surface area contributed by atoms with Crippen LogP contribution in [0.3, 0.4) is 0 Å². The number of amides is 6. The van der Waals surface area contributed by atoms with Gasteiger partial charge in [-0.2, -0.15) is 36.9 Å². The number of carbonyl (C=O) groups is 4. The predicted octanol–water partition coefficient (Wildman–Crippen LogP) is 9.22. The van der Waals surface area contributed by atoms with Crippen molar-refractivity contribution >= 4 is 35.3 Å². The molecule has 4 aromatic rings. The molecule has 0 spiro atoms. The molecular weight excluding hydrogens is 929 g/mol. The van der Waals surface area contributed by atoms with Gasteiger partial charge in [0, 0.05) is 39.0 Å². The Morgan fingerprint density at radius 1 is 0.577 bits per heavy atom. The second-order valence-corrected chi connectivity index (χ2v) is 18.4. The van der Waals surface area contributed by atoms with E-state index in [2.05, 4.69) is 12.1 Å². The van der Waals surface area contributed by atoms with E-state index in [1.54, 1.807) is 62.4 Å².